The van der Waals surface area contributed by atoms with Gasteiger partial charge in [-0.1, -0.05) is 17.7 Å². The van der Waals surface area contributed by atoms with E-state index in [0.29, 0.717) is 5.02 Å². The topological polar surface area (TPSA) is 101 Å². The molecule has 8 heteroatoms. The number of carbonyl (C=O) groups excluding carboxylic acids is 2. The molecule has 7 nitrogen and oxygen atoms in total. The average Bonchev–Trinajstić information content (AvgIpc) is 2.54. The maximum absolute atomic E-state index is 12.4. The van der Waals surface area contributed by atoms with Crippen molar-refractivity contribution in [1.82, 2.24) is 5.32 Å². The number of benzene rings is 2. The number of halogens is 1. The summed E-state index contributed by atoms with van der Waals surface area (Å²) in [4.78, 5) is 34.9. The summed E-state index contributed by atoms with van der Waals surface area (Å²) < 4.78 is 0. The van der Waals surface area contributed by atoms with Crippen LogP contribution in [0.4, 0.5) is 11.4 Å². The predicted molar refractivity (Wildman–Crippen MR) is 95.1 cm³/mol. The minimum atomic E-state index is -0.586. The Bertz CT molecular complexity index is 836. The zero-order valence-electron chi connectivity index (χ0n) is 13.6. The maximum atomic E-state index is 12.4. The van der Waals surface area contributed by atoms with E-state index in [1.165, 1.54) is 30.3 Å². The van der Waals surface area contributed by atoms with Crippen molar-refractivity contribution in [2.45, 2.75) is 19.9 Å². The van der Waals surface area contributed by atoms with Gasteiger partial charge >= 0.3 is 0 Å². The molecule has 0 saturated carbocycles. The molecule has 0 atom stereocenters. The molecule has 0 radical (unpaired) electrons. The molecule has 2 aromatic rings. The second-order valence-corrected chi connectivity index (χ2v) is 6.02. The molecule has 25 heavy (non-hydrogen) atoms. The van der Waals surface area contributed by atoms with Gasteiger partial charge in [-0.25, -0.2) is 0 Å². The Morgan fingerprint density at radius 3 is 2.48 bits per heavy atom. The molecule has 0 spiro atoms. The third-order valence-electron chi connectivity index (χ3n) is 3.21. The van der Waals surface area contributed by atoms with Gasteiger partial charge in [-0.15, -0.1) is 0 Å². The fraction of sp³-hybridized carbons (Fsp3) is 0.176. The lowest BCUT2D eigenvalue weighted by atomic mass is 10.1. The first-order chi connectivity index (χ1) is 11.8. The molecule has 0 aliphatic rings. The highest BCUT2D eigenvalue weighted by molar-refractivity contribution is 6.31. The van der Waals surface area contributed by atoms with Gasteiger partial charge in [-0.05, 0) is 38.1 Å². The number of amides is 2. The SMILES string of the molecule is CC(C)NC(=O)c1ccc(Cl)cc1NC(=O)c1cccc([N+](=O)[O-])c1. The summed E-state index contributed by atoms with van der Waals surface area (Å²) >= 11 is 5.95. The Balaban J connectivity index is 2.31. The quantitative estimate of drug-likeness (QED) is 0.627. The summed E-state index contributed by atoms with van der Waals surface area (Å²) in [6.45, 7) is 3.63. The Morgan fingerprint density at radius 2 is 1.84 bits per heavy atom. The van der Waals surface area contributed by atoms with Crippen LogP contribution in [-0.2, 0) is 0 Å². The van der Waals surface area contributed by atoms with Crippen LogP contribution < -0.4 is 10.6 Å². The van der Waals surface area contributed by atoms with E-state index in [-0.39, 0.29) is 34.5 Å². The number of anilines is 1. The third kappa shape index (κ3) is 4.77. The van der Waals surface area contributed by atoms with E-state index in [4.69, 9.17) is 11.6 Å². The highest BCUT2D eigenvalue weighted by Gasteiger charge is 2.17. The van der Waals surface area contributed by atoms with Crippen molar-refractivity contribution >= 4 is 34.8 Å². The van der Waals surface area contributed by atoms with Gasteiger partial charge in [0.2, 0.25) is 0 Å². The second kappa shape index (κ2) is 7.76. The van der Waals surface area contributed by atoms with Crippen LogP contribution in [0.1, 0.15) is 34.6 Å². The van der Waals surface area contributed by atoms with Crippen molar-refractivity contribution in [2.24, 2.45) is 0 Å². The van der Waals surface area contributed by atoms with Crippen LogP contribution in [0.15, 0.2) is 42.5 Å². The monoisotopic (exact) mass is 361 g/mol. The molecule has 2 aromatic carbocycles. The molecule has 2 N–H and O–H groups in total. The molecule has 0 aliphatic carbocycles. The van der Waals surface area contributed by atoms with Gasteiger partial charge in [0.15, 0.2) is 0 Å². The number of non-ortho nitro benzene ring substituents is 1. The van der Waals surface area contributed by atoms with Crippen molar-refractivity contribution in [1.29, 1.82) is 0 Å². The molecular formula is C17H16ClN3O4. The Labute approximate surface area is 149 Å². The van der Waals surface area contributed by atoms with Crippen LogP contribution in [-0.4, -0.2) is 22.8 Å². The zero-order chi connectivity index (χ0) is 18.6. The first-order valence-corrected chi connectivity index (χ1v) is 7.82. The standard InChI is InChI=1S/C17H16ClN3O4/c1-10(2)19-17(23)14-7-6-12(18)9-15(14)20-16(22)11-4-3-5-13(8-11)21(24)25/h3-10H,1-2H3,(H,19,23)(H,20,22). The minimum absolute atomic E-state index is 0.0801. The normalized spacial score (nSPS) is 10.4. The summed E-state index contributed by atoms with van der Waals surface area (Å²) in [6.07, 6.45) is 0. The van der Waals surface area contributed by atoms with E-state index in [2.05, 4.69) is 10.6 Å². The number of nitro benzene ring substituents is 1. The minimum Gasteiger partial charge on any atom is -0.350 e. The Kier molecular flexibility index (Phi) is 5.71. The summed E-state index contributed by atoms with van der Waals surface area (Å²) in [5.74, 6) is -0.939. The van der Waals surface area contributed by atoms with Crippen molar-refractivity contribution < 1.29 is 14.5 Å². The highest BCUT2D eigenvalue weighted by atomic mass is 35.5. The molecule has 0 unspecified atom stereocenters. The van der Waals surface area contributed by atoms with E-state index in [9.17, 15) is 19.7 Å². The van der Waals surface area contributed by atoms with Crippen molar-refractivity contribution in [3.8, 4) is 0 Å². The van der Waals surface area contributed by atoms with Crippen LogP contribution in [0, 0.1) is 10.1 Å². The Morgan fingerprint density at radius 1 is 1.12 bits per heavy atom. The first-order valence-electron chi connectivity index (χ1n) is 7.44. The zero-order valence-corrected chi connectivity index (χ0v) is 14.3. The third-order valence-corrected chi connectivity index (χ3v) is 3.45. The van der Waals surface area contributed by atoms with Crippen molar-refractivity contribution in [3.05, 3.63) is 68.7 Å². The van der Waals surface area contributed by atoms with Crippen LogP contribution >= 0.6 is 11.6 Å². The summed E-state index contributed by atoms with van der Waals surface area (Å²) in [5, 5.41) is 16.5. The molecule has 0 fully saturated rings. The smallest absolute Gasteiger partial charge is 0.270 e. The fourth-order valence-corrected chi connectivity index (χ4v) is 2.29. The largest absolute Gasteiger partial charge is 0.350 e. The van der Waals surface area contributed by atoms with Gasteiger partial charge in [-0.3, -0.25) is 19.7 Å². The van der Waals surface area contributed by atoms with E-state index in [1.807, 2.05) is 13.8 Å². The van der Waals surface area contributed by atoms with E-state index >= 15 is 0 Å². The molecule has 2 rings (SSSR count). The number of carbonyl (C=O) groups is 2. The van der Waals surface area contributed by atoms with Gasteiger partial charge in [0.1, 0.15) is 0 Å². The van der Waals surface area contributed by atoms with Crippen LogP contribution in [0.5, 0.6) is 0 Å². The average molecular weight is 362 g/mol. The summed E-state index contributed by atoms with van der Waals surface area (Å²) in [5.41, 5.74) is 0.375. The van der Waals surface area contributed by atoms with Gasteiger partial charge in [0.05, 0.1) is 16.2 Å². The number of nitrogens with one attached hydrogen (secondary N) is 2. The van der Waals surface area contributed by atoms with Gasteiger partial charge < -0.3 is 10.6 Å². The fourth-order valence-electron chi connectivity index (χ4n) is 2.11. The molecule has 0 heterocycles. The summed E-state index contributed by atoms with van der Waals surface area (Å²) in [7, 11) is 0. The first kappa shape index (κ1) is 18.4. The lowest BCUT2D eigenvalue weighted by molar-refractivity contribution is -0.384. The molecule has 0 aliphatic heterocycles. The van der Waals surface area contributed by atoms with Gasteiger partial charge in [-0.2, -0.15) is 0 Å². The number of nitro groups is 1. The number of hydrogen-bond acceptors (Lipinski definition) is 4. The van der Waals surface area contributed by atoms with Gasteiger partial charge in [0, 0.05) is 28.8 Å². The maximum Gasteiger partial charge on any atom is 0.270 e. The highest BCUT2D eigenvalue weighted by Crippen LogP contribution is 2.23. The van der Waals surface area contributed by atoms with Crippen molar-refractivity contribution in [3.63, 3.8) is 0 Å². The molecule has 0 bridgehead atoms. The van der Waals surface area contributed by atoms with Crippen LogP contribution in [0.3, 0.4) is 0 Å². The molecule has 130 valence electrons. The number of rotatable bonds is 5. The lowest BCUT2D eigenvalue weighted by Crippen LogP contribution is -2.31. The van der Waals surface area contributed by atoms with E-state index in [1.54, 1.807) is 6.07 Å². The molecular weight excluding hydrogens is 346 g/mol. The molecule has 2 amide bonds. The number of nitrogens with zero attached hydrogens (tertiary/aromatic N) is 1. The Hall–Kier alpha value is -2.93. The second-order valence-electron chi connectivity index (χ2n) is 5.58. The predicted octanol–water partition coefficient (Wildman–Crippen LogP) is 3.64. The van der Waals surface area contributed by atoms with Gasteiger partial charge in [0.25, 0.3) is 17.5 Å². The van der Waals surface area contributed by atoms with Crippen LogP contribution in [0.2, 0.25) is 5.02 Å². The number of hydrogen-bond donors (Lipinski definition) is 2. The van der Waals surface area contributed by atoms with E-state index < -0.39 is 10.8 Å². The van der Waals surface area contributed by atoms with Crippen molar-refractivity contribution in [2.75, 3.05) is 5.32 Å². The molecule has 0 aromatic heterocycles. The van der Waals surface area contributed by atoms with E-state index in [0.717, 1.165) is 6.07 Å². The molecule has 0 saturated heterocycles. The van der Waals surface area contributed by atoms with Crippen LogP contribution in [0.25, 0.3) is 0 Å². The summed E-state index contributed by atoms with van der Waals surface area (Å²) in [6, 6.07) is 9.72. The lowest BCUT2D eigenvalue weighted by Gasteiger charge is -2.13.